The number of rotatable bonds is 4. The van der Waals surface area contributed by atoms with Crippen molar-refractivity contribution in [3.63, 3.8) is 0 Å². The van der Waals surface area contributed by atoms with Crippen LogP contribution in [0, 0.1) is 27.7 Å². The van der Waals surface area contributed by atoms with E-state index in [1.165, 1.54) is 0 Å². The summed E-state index contributed by atoms with van der Waals surface area (Å²) < 4.78 is 0. The molecule has 0 unspecified atom stereocenters. The van der Waals surface area contributed by atoms with Crippen molar-refractivity contribution >= 4 is 17.3 Å². The van der Waals surface area contributed by atoms with E-state index in [1.807, 2.05) is 64.1 Å². The summed E-state index contributed by atoms with van der Waals surface area (Å²) in [6, 6.07) is 12.2. The monoisotopic (exact) mass is 282 g/mol. The van der Waals surface area contributed by atoms with Crippen LogP contribution >= 0.6 is 0 Å². The van der Waals surface area contributed by atoms with Gasteiger partial charge in [-0.05, 0) is 56.0 Å². The zero-order valence-corrected chi connectivity index (χ0v) is 13.1. The summed E-state index contributed by atoms with van der Waals surface area (Å²) in [6.07, 6.45) is 0. The molecule has 0 saturated heterocycles. The quantitative estimate of drug-likeness (QED) is 0.891. The molecular formula is C18H22N2O. The maximum absolute atomic E-state index is 12.1. The minimum Gasteiger partial charge on any atom is -0.376 e. The first kappa shape index (κ1) is 15.1. The van der Waals surface area contributed by atoms with Gasteiger partial charge in [0.2, 0.25) is 5.91 Å². The molecule has 21 heavy (non-hydrogen) atoms. The Morgan fingerprint density at radius 1 is 0.952 bits per heavy atom. The Labute approximate surface area is 126 Å². The van der Waals surface area contributed by atoms with Crippen LogP contribution in [0.25, 0.3) is 0 Å². The standard InChI is InChI=1S/C18H22N2O/c1-12-8-9-13(2)16(10-12)20-17(21)11-19-18-14(3)6-5-7-15(18)4/h5-10,19H,11H2,1-4H3,(H,20,21). The van der Waals surface area contributed by atoms with E-state index in [0.717, 1.165) is 33.6 Å². The molecule has 3 nitrogen and oxygen atoms in total. The molecule has 0 aliphatic heterocycles. The Hall–Kier alpha value is -2.29. The second kappa shape index (κ2) is 6.44. The molecule has 0 aromatic heterocycles. The lowest BCUT2D eigenvalue weighted by Crippen LogP contribution is -2.22. The van der Waals surface area contributed by atoms with E-state index in [4.69, 9.17) is 0 Å². The van der Waals surface area contributed by atoms with E-state index in [2.05, 4.69) is 10.6 Å². The molecule has 2 aromatic carbocycles. The third kappa shape index (κ3) is 3.85. The van der Waals surface area contributed by atoms with Crippen LogP contribution in [0.5, 0.6) is 0 Å². The van der Waals surface area contributed by atoms with Crippen LogP contribution in [-0.4, -0.2) is 12.5 Å². The summed E-state index contributed by atoms with van der Waals surface area (Å²) >= 11 is 0. The third-order valence-corrected chi connectivity index (χ3v) is 3.57. The van der Waals surface area contributed by atoms with E-state index >= 15 is 0 Å². The van der Waals surface area contributed by atoms with Crippen molar-refractivity contribution in [2.45, 2.75) is 27.7 Å². The summed E-state index contributed by atoms with van der Waals surface area (Å²) in [6.45, 7) is 8.35. The lowest BCUT2D eigenvalue weighted by atomic mass is 10.1. The van der Waals surface area contributed by atoms with Gasteiger partial charge in [0.25, 0.3) is 0 Å². The van der Waals surface area contributed by atoms with Gasteiger partial charge in [-0.1, -0.05) is 30.3 Å². The van der Waals surface area contributed by atoms with Crippen LogP contribution in [-0.2, 0) is 4.79 Å². The maximum Gasteiger partial charge on any atom is 0.243 e. The number of anilines is 2. The summed E-state index contributed by atoms with van der Waals surface area (Å²) in [4.78, 5) is 12.1. The van der Waals surface area contributed by atoms with Crippen LogP contribution in [0.4, 0.5) is 11.4 Å². The highest BCUT2D eigenvalue weighted by molar-refractivity contribution is 5.94. The highest BCUT2D eigenvalue weighted by Gasteiger charge is 2.07. The average Bonchev–Trinajstić information content (AvgIpc) is 2.42. The predicted molar refractivity (Wildman–Crippen MR) is 89.0 cm³/mol. The zero-order valence-electron chi connectivity index (χ0n) is 13.1. The van der Waals surface area contributed by atoms with Gasteiger partial charge in [-0.3, -0.25) is 4.79 Å². The average molecular weight is 282 g/mol. The third-order valence-electron chi connectivity index (χ3n) is 3.57. The number of amides is 1. The number of benzene rings is 2. The first-order valence-electron chi connectivity index (χ1n) is 7.14. The van der Waals surface area contributed by atoms with Gasteiger partial charge in [0.05, 0.1) is 6.54 Å². The minimum absolute atomic E-state index is 0.0358. The van der Waals surface area contributed by atoms with Crippen LogP contribution in [0.2, 0.25) is 0 Å². The Kier molecular flexibility index (Phi) is 4.63. The number of para-hydroxylation sites is 1. The van der Waals surface area contributed by atoms with Crippen LogP contribution in [0.1, 0.15) is 22.3 Å². The fourth-order valence-electron chi connectivity index (χ4n) is 2.33. The summed E-state index contributed by atoms with van der Waals surface area (Å²) in [7, 11) is 0. The van der Waals surface area contributed by atoms with Crippen molar-refractivity contribution in [2.75, 3.05) is 17.2 Å². The first-order chi connectivity index (χ1) is 9.97. The molecule has 2 aromatic rings. The van der Waals surface area contributed by atoms with Gasteiger partial charge in [0.15, 0.2) is 0 Å². The lowest BCUT2D eigenvalue weighted by molar-refractivity contribution is -0.114. The predicted octanol–water partition coefficient (Wildman–Crippen LogP) is 3.97. The SMILES string of the molecule is Cc1ccc(C)c(NC(=O)CNc2c(C)cccc2C)c1. The van der Waals surface area contributed by atoms with Crippen molar-refractivity contribution in [1.29, 1.82) is 0 Å². The van der Waals surface area contributed by atoms with Gasteiger partial charge in [-0.15, -0.1) is 0 Å². The number of aryl methyl sites for hydroxylation is 4. The van der Waals surface area contributed by atoms with Crippen LogP contribution < -0.4 is 10.6 Å². The molecule has 2 rings (SSSR count). The molecule has 0 heterocycles. The first-order valence-corrected chi connectivity index (χ1v) is 7.14. The van der Waals surface area contributed by atoms with E-state index < -0.39 is 0 Å². The van der Waals surface area contributed by atoms with Gasteiger partial charge in [0, 0.05) is 11.4 Å². The number of carbonyl (C=O) groups is 1. The molecule has 3 heteroatoms. The summed E-state index contributed by atoms with van der Waals surface area (Å²) in [5, 5.41) is 6.18. The van der Waals surface area contributed by atoms with E-state index in [0.29, 0.717) is 0 Å². The molecule has 0 spiro atoms. The van der Waals surface area contributed by atoms with Crippen LogP contribution in [0.3, 0.4) is 0 Å². The van der Waals surface area contributed by atoms with Crippen molar-refractivity contribution in [3.05, 3.63) is 58.7 Å². The van der Waals surface area contributed by atoms with Crippen molar-refractivity contribution in [1.82, 2.24) is 0 Å². The molecule has 2 N–H and O–H groups in total. The highest BCUT2D eigenvalue weighted by Crippen LogP contribution is 2.19. The van der Waals surface area contributed by atoms with Crippen molar-refractivity contribution in [3.8, 4) is 0 Å². The smallest absolute Gasteiger partial charge is 0.243 e. The Morgan fingerprint density at radius 2 is 1.62 bits per heavy atom. The molecule has 0 aliphatic rings. The molecule has 0 radical (unpaired) electrons. The maximum atomic E-state index is 12.1. The number of carbonyl (C=O) groups excluding carboxylic acids is 1. The van der Waals surface area contributed by atoms with Gasteiger partial charge < -0.3 is 10.6 Å². The highest BCUT2D eigenvalue weighted by atomic mass is 16.1. The van der Waals surface area contributed by atoms with E-state index in [9.17, 15) is 4.79 Å². The van der Waals surface area contributed by atoms with E-state index in [-0.39, 0.29) is 12.5 Å². The summed E-state index contributed by atoms with van der Waals surface area (Å²) in [5.74, 6) is -0.0358. The fraction of sp³-hybridized carbons (Fsp3) is 0.278. The normalized spacial score (nSPS) is 10.3. The molecule has 110 valence electrons. The Morgan fingerprint density at radius 3 is 2.29 bits per heavy atom. The largest absolute Gasteiger partial charge is 0.376 e. The number of hydrogen-bond acceptors (Lipinski definition) is 2. The molecule has 0 bridgehead atoms. The summed E-state index contributed by atoms with van der Waals surface area (Å²) in [5.41, 5.74) is 6.42. The van der Waals surface area contributed by atoms with Gasteiger partial charge in [0.1, 0.15) is 0 Å². The van der Waals surface area contributed by atoms with Crippen molar-refractivity contribution in [2.24, 2.45) is 0 Å². The second-order valence-corrected chi connectivity index (χ2v) is 5.49. The molecule has 0 aliphatic carbocycles. The Bertz CT molecular complexity index is 642. The Balaban J connectivity index is 2.01. The molecule has 1 amide bonds. The van der Waals surface area contributed by atoms with Gasteiger partial charge in [-0.25, -0.2) is 0 Å². The topological polar surface area (TPSA) is 41.1 Å². The van der Waals surface area contributed by atoms with Crippen molar-refractivity contribution < 1.29 is 4.79 Å². The molecule has 0 atom stereocenters. The number of nitrogens with one attached hydrogen (secondary N) is 2. The van der Waals surface area contributed by atoms with Gasteiger partial charge in [-0.2, -0.15) is 0 Å². The molecule has 0 saturated carbocycles. The van der Waals surface area contributed by atoms with Crippen LogP contribution in [0.15, 0.2) is 36.4 Å². The number of hydrogen-bond donors (Lipinski definition) is 2. The lowest BCUT2D eigenvalue weighted by Gasteiger charge is -2.13. The molecular weight excluding hydrogens is 260 g/mol. The second-order valence-electron chi connectivity index (χ2n) is 5.49. The van der Waals surface area contributed by atoms with E-state index in [1.54, 1.807) is 0 Å². The fourth-order valence-corrected chi connectivity index (χ4v) is 2.33. The molecule has 0 fully saturated rings. The zero-order chi connectivity index (χ0) is 15.4. The van der Waals surface area contributed by atoms with Gasteiger partial charge >= 0.3 is 0 Å². The minimum atomic E-state index is -0.0358.